The van der Waals surface area contributed by atoms with Crippen LogP contribution in [0.3, 0.4) is 0 Å². The highest BCUT2D eigenvalue weighted by atomic mass is 16.6. The molecule has 9 nitrogen and oxygen atoms in total. The molecule has 0 radical (unpaired) electrons. The van der Waals surface area contributed by atoms with Crippen molar-refractivity contribution in [1.82, 2.24) is 14.9 Å². The molecule has 0 unspecified atom stereocenters. The zero-order chi connectivity index (χ0) is 14.7. The van der Waals surface area contributed by atoms with Crippen molar-refractivity contribution < 1.29 is 4.92 Å². The lowest BCUT2D eigenvalue weighted by Gasteiger charge is -2.16. The number of hydrogen-bond acceptors (Lipinski definition) is 8. The van der Waals surface area contributed by atoms with Crippen molar-refractivity contribution in [2.45, 2.75) is 25.8 Å². The van der Waals surface area contributed by atoms with Crippen LogP contribution in [0, 0.1) is 17.0 Å². The van der Waals surface area contributed by atoms with Crippen molar-refractivity contribution >= 4 is 17.5 Å². The van der Waals surface area contributed by atoms with E-state index >= 15 is 0 Å². The fourth-order valence-electron chi connectivity index (χ4n) is 2.02. The molecule has 4 N–H and O–H groups in total. The van der Waals surface area contributed by atoms with Crippen molar-refractivity contribution in [1.29, 1.82) is 0 Å². The number of nitrogens with one attached hydrogen (secondary N) is 2. The molecule has 1 aromatic rings. The molecule has 1 fully saturated rings. The number of nitrogens with zero attached hydrogens (tertiary/aromatic N) is 4. The van der Waals surface area contributed by atoms with E-state index in [1.807, 2.05) is 7.05 Å². The van der Waals surface area contributed by atoms with Gasteiger partial charge in [0.1, 0.15) is 5.69 Å². The number of aryl methyl sites for hydroxylation is 1. The maximum absolute atomic E-state index is 11.1. The van der Waals surface area contributed by atoms with Crippen LogP contribution in [-0.2, 0) is 0 Å². The summed E-state index contributed by atoms with van der Waals surface area (Å²) in [7, 11) is 2.05. The second-order valence-electron chi connectivity index (χ2n) is 4.87. The predicted octanol–water partition coefficient (Wildman–Crippen LogP) is 0.485. The zero-order valence-corrected chi connectivity index (χ0v) is 11.6. The van der Waals surface area contributed by atoms with Crippen molar-refractivity contribution in [2.75, 3.05) is 30.9 Å². The van der Waals surface area contributed by atoms with E-state index in [4.69, 9.17) is 5.84 Å². The molecule has 20 heavy (non-hydrogen) atoms. The van der Waals surface area contributed by atoms with E-state index in [0.717, 1.165) is 6.54 Å². The Balaban J connectivity index is 2.07. The molecular weight excluding hydrogens is 262 g/mol. The van der Waals surface area contributed by atoms with E-state index in [1.165, 1.54) is 12.8 Å². The number of nitrogens with two attached hydrogens (primary N) is 1. The molecule has 0 spiro atoms. The number of rotatable bonds is 7. The quantitative estimate of drug-likeness (QED) is 0.375. The van der Waals surface area contributed by atoms with Gasteiger partial charge in [-0.3, -0.25) is 15.5 Å². The van der Waals surface area contributed by atoms with Gasteiger partial charge in [-0.2, -0.15) is 4.98 Å². The van der Waals surface area contributed by atoms with Crippen molar-refractivity contribution in [3.63, 3.8) is 0 Å². The average molecular weight is 281 g/mol. The van der Waals surface area contributed by atoms with Gasteiger partial charge in [0, 0.05) is 19.1 Å². The first-order chi connectivity index (χ1) is 9.52. The molecule has 1 aliphatic carbocycles. The van der Waals surface area contributed by atoms with Gasteiger partial charge in [0.25, 0.3) is 0 Å². The molecular formula is C11H19N7O2. The maximum Gasteiger partial charge on any atom is 0.332 e. The van der Waals surface area contributed by atoms with Crippen LogP contribution in [0.4, 0.5) is 17.5 Å². The standard InChI is InChI=1S/C11H19N7O2/c1-7-9(18(19)20)10(15-11(14-7)16-12)13-5-6-17(2)8-3-4-8/h8H,3-6,12H2,1-2H3,(H2,13,14,15,16). The van der Waals surface area contributed by atoms with E-state index in [0.29, 0.717) is 12.6 Å². The summed E-state index contributed by atoms with van der Waals surface area (Å²) in [4.78, 5) is 20.8. The predicted molar refractivity (Wildman–Crippen MR) is 75.4 cm³/mol. The third-order valence-electron chi connectivity index (χ3n) is 3.30. The minimum Gasteiger partial charge on any atom is -0.363 e. The van der Waals surface area contributed by atoms with E-state index in [9.17, 15) is 10.1 Å². The van der Waals surface area contributed by atoms with Crippen LogP contribution >= 0.6 is 0 Å². The van der Waals surface area contributed by atoms with E-state index in [-0.39, 0.29) is 23.1 Å². The Bertz CT molecular complexity index is 504. The number of aromatic nitrogens is 2. The summed E-state index contributed by atoms with van der Waals surface area (Å²) >= 11 is 0. The number of hydrogen-bond donors (Lipinski definition) is 3. The Labute approximate surface area is 116 Å². The number of hydrazine groups is 1. The summed E-state index contributed by atoms with van der Waals surface area (Å²) in [5.41, 5.74) is 2.47. The number of nitrogen functional groups attached to an aromatic ring is 1. The fraction of sp³-hybridized carbons (Fsp3) is 0.636. The molecule has 0 atom stereocenters. The summed E-state index contributed by atoms with van der Waals surface area (Å²) in [5, 5.41) is 14.1. The van der Waals surface area contributed by atoms with Gasteiger partial charge in [0.15, 0.2) is 0 Å². The number of anilines is 2. The SMILES string of the molecule is Cc1nc(NN)nc(NCCN(C)C2CC2)c1[N+](=O)[O-]. The lowest BCUT2D eigenvalue weighted by atomic mass is 10.3. The van der Waals surface area contributed by atoms with Crippen LogP contribution in [0.2, 0.25) is 0 Å². The summed E-state index contributed by atoms with van der Waals surface area (Å²) in [5.74, 6) is 5.61. The minimum atomic E-state index is -0.484. The molecule has 0 saturated heterocycles. The van der Waals surface area contributed by atoms with Crippen molar-refractivity contribution in [3.8, 4) is 0 Å². The highest BCUT2D eigenvalue weighted by Crippen LogP contribution is 2.27. The normalized spacial score (nSPS) is 14.4. The molecule has 1 aliphatic rings. The Morgan fingerprint density at radius 3 is 2.75 bits per heavy atom. The van der Waals surface area contributed by atoms with Gasteiger partial charge in [-0.15, -0.1) is 0 Å². The van der Waals surface area contributed by atoms with Crippen LogP contribution in [0.5, 0.6) is 0 Å². The number of nitro groups is 1. The van der Waals surface area contributed by atoms with Crippen LogP contribution in [0.25, 0.3) is 0 Å². The minimum absolute atomic E-state index is 0.113. The Hall–Kier alpha value is -2.00. The van der Waals surface area contributed by atoms with Crippen LogP contribution < -0.4 is 16.6 Å². The van der Waals surface area contributed by atoms with Gasteiger partial charge in [-0.1, -0.05) is 0 Å². The maximum atomic E-state index is 11.1. The third kappa shape index (κ3) is 3.31. The molecule has 1 heterocycles. The van der Waals surface area contributed by atoms with Gasteiger partial charge in [0.05, 0.1) is 4.92 Å². The molecule has 2 rings (SSSR count). The lowest BCUT2D eigenvalue weighted by molar-refractivity contribution is -0.385. The monoisotopic (exact) mass is 281 g/mol. The van der Waals surface area contributed by atoms with E-state index in [2.05, 4.69) is 25.6 Å². The molecule has 9 heteroatoms. The zero-order valence-electron chi connectivity index (χ0n) is 11.6. The van der Waals surface area contributed by atoms with Gasteiger partial charge in [-0.25, -0.2) is 10.8 Å². The summed E-state index contributed by atoms with van der Waals surface area (Å²) in [6, 6.07) is 0.653. The first kappa shape index (κ1) is 14.4. The lowest BCUT2D eigenvalue weighted by Crippen LogP contribution is -2.27. The largest absolute Gasteiger partial charge is 0.363 e. The van der Waals surface area contributed by atoms with Crippen molar-refractivity contribution in [2.24, 2.45) is 5.84 Å². The summed E-state index contributed by atoms with van der Waals surface area (Å²) in [6.07, 6.45) is 2.45. The Morgan fingerprint density at radius 1 is 1.50 bits per heavy atom. The Morgan fingerprint density at radius 2 is 2.20 bits per heavy atom. The van der Waals surface area contributed by atoms with Crippen LogP contribution in [0.1, 0.15) is 18.5 Å². The van der Waals surface area contributed by atoms with Gasteiger partial charge < -0.3 is 10.2 Å². The Kier molecular flexibility index (Phi) is 4.30. The van der Waals surface area contributed by atoms with Crippen molar-refractivity contribution in [3.05, 3.63) is 15.8 Å². The molecule has 0 amide bonds. The molecule has 0 aliphatic heterocycles. The van der Waals surface area contributed by atoms with Gasteiger partial charge in [0.2, 0.25) is 11.8 Å². The highest BCUT2D eigenvalue weighted by Gasteiger charge is 2.26. The molecule has 1 aromatic heterocycles. The first-order valence-electron chi connectivity index (χ1n) is 6.46. The molecule has 110 valence electrons. The smallest absolute Gasteiger partial charge is 0.332 e. The second kappa shape index (κ2) is 5.97. The molecule has 0 bridgehead atoms. The third-order valence-corrected chi connectivity index (χ3v) is 3.30. The fourth-order valence-corrected chi connectivity index (χ4v) is 2.02. The number of likely N-dealkylation sites (N-methyl/N-ethyl adjacent to an activating group) is 1. The van der Waals surface area contributed by atoms with Gasteiger partial charge in [-0.05, 0) is 26.8 Å². The van der Waals surface area contributed by atoms with Crippen LogP contribution in [0.15, 0.2) is 0 Å². The van der Waals surface area contributed by atoms with E-state index < -0.39 is 4.92 Å². The first-order valence-corrected chi connectivity index (χ1v) is 6.46. The molecule has 1 saturated carbocycles. The van der Waals surface area contributed by atoms with E-state index in [1.54, 1.807) is 6.92 Å². The second-order valence-corrected chi connectivity index (χ2v) is 4.87. The summed E-state index contributed by atoms with van der Waals surface area (Å²) < 4.78 is 0. The molecule has 0 aromatic carbocycles. The van der Waals surface area contributed by atoms with Crippen LogP contribution in [-0.4, -0.2) is 46.0 Å². The average Bonchev–Trinajstić information content (AvgIpc) is 3.21. The topological polar surface area (TPSA) is 122 Å². The highest BCUT2D eigenvalue weighted by molar-refractivity contribution is 5.60. The summed E-state index contributed by atoms with van der Waals surface area (Å²) in [6.45, 7) is 2.94. The van der Waals surface area contributed by atoms with Gasteiger partial charge >= 0.3 is 5.69 Å².